The van der Waals surface area contributed by atoms with Gasteiger partial charge in [-0.05, 0) is 38.2 Å². The molecule has 1 aromatic rings. The molecule has 2 N–H and O–H groups in total. The number of amides is 2. The first kappa shape index (κ1) is 20.2. The average molecular weight is 374 g/mol. The van der Waals surface area contributed by atoms with Crippen molar-refractivity contribution in [3.63, 3.8) is 0 Å². The number of hydrogen-bond donors (Lipinski definition) is 2. The van der Waals surface area contributed by atoms with Crippen LogP contribution in [0.4, 0.5) is 4.79 Å². The summed E-state index contributed by atoms with van der Waals surface area (Å²) in [7, 11) is 0. The van der Waals surface area contributed by atoms with Crippen molar-refractivity contribution in [1.82, 2.24) is 15.5 Å². The number of carbonyl (C=O) groups excluding carboxylic acids is 1. The number of benzene rings is 1. The fraction of sp³-hybridized carbons (Fsp3) is 0.682. The van der Waals surface area contributed by atoms with Gasteiger partial charge < -0.3 is 15.4 Å². The van der Waals surface area contributed by atoms with E-state index in [0.29, 0.717) is 12.5 Å². The van der Waals surface area contributed by atoms with Crippen molar-refractivity contribution in [3.8, 4) is 0 Å². The standard InChI is InChI=1S/C22H35N3O2/c1-22(2,25-13-15-27-16-14-25)17-23-21(26)24-20(18-9-5-3-6-10-18)19-11-7-4-8-12-19/h3,5-6,9-10,19-20H,4,7-8,11-17H2,1-2H3,(H2,23,24,26). The van der Waals surface area contributed by atoms with Gasteiger partial charge in [0.1, 0.15) is 0 Å². The monoisotopic (exact) mass is 373 g/mol. The Bertz CT molecular complexity index is 578. The van der Waals surface area contributed by atoms with Crippen LogP contribution in [0.1, 0.15) is 57.6 Å². The normalized spacial score (nSPS) is 20.8. The van der Waals surface area contributed by atoms with E-state index >= 15 is 0 Å². The zero-order chi connectivity index (χ0) is 19.1. The molecule has 1 saturated heterocycles. The molecule has 3 rings (SSSR count). The minimum absolute atomic E-state index is 0.0595. The molecular weight excluding hydrogens is 338 g/mol. The average Bonchev–Trinajstić information content (AvgIpc) is 2.72. The Morgan fingerprint density at radius 2 is 1.81 bits per heavy atom. The molecule has 1 unspecified atom stereocenters. The summed E-state index contributed by atoms with van der Waals surface area (Å²) in [6.07, 6.45) is 6.24. The molecule has 150 valence electrons. The minimum Gasteiger partial charge on any atom is -0.379 e. The lowest BCUT2D eigenvalue weighted by Gasteiger charge is -2.41. The molecule has 1 aromatic carbocycles. The molecule has 0 spiro atoms. The van der Waals surface area contributed by atoms with Crippen LogP contribution in [0.25, 0.3) is 0 Å². The van der Waals surface area contributed by atoms with Crippen LogP contribution < -0.4 is 10.6 Å². The molecular formula is C22H35N3O2. The number of carbonyl (C=O) groups is 1. The SMILES string of the molecule is CC(C)(CNC(=O)NC(c1ccccc1)C1CCCCC1)N1CCOCC1. The van der Waals surface area contributed by atoms with Gasteiger partial charge in [0.25, 0.3) is 0 Å². The maximum absolute atomic E-state index is 12.7. The summed E-state index contributed by atoms with van der Waals surface area (Å²) in [5.74, 6) is 0.527. The van der Waals surface area contributed by atoms with E-state index in [1.54, 1.807) is 0 Å². The van der Waals surface area contributed by atoms with Gasteiger partial charge in [0.05, 0.1) is 19.3 Å². The van der Waals surface area contributed by atoms with Gasteiger partial charge in [-0.3, -0.25) is 4.90 Å². The Kier molecular flexibility index (Phi) is 7.13. The molecule has 5 nitrogen and oxygen atoms in total. The molecule has 1 heterocycles. The summed E-state index contributed by atoms with van der Waals surface area (Å²) in [5.41, 5.74) is 1.14. The van der Waals surface area contributed by atoms with E-state index < -0.39 is 0 Å². The van der Waals surface area contributed by atoms with Crippen LogP contribution in [-0.2, 0) is 4.74 Å². The van der Waals surface area contributed by atoms with E-state index in [0.717, 1.165) is 26.3 Å². The molecule has 2 fully saturated rings. The third-order valence-corrected chi connectivity index (χ3v) is 6.12. The van der Waals surface area contributed by atoms with Crippen LogP contribution in [0.5, 0.6) is 0 Å². The van der Waals surface area contributed by atoms with E-state index in [-0.39, 0.29) is 17.6 Å². The molecule has 1 saturated carbocycles. The fourth-order valence-electron chi connectivity index (χ4n) is 4.37. The lowest BCUT2D eigenvalue weighted by Crippen LogP contribution is -2.56. The highest BCUT2D eigenvalue weighted by molar-refractivity contribution is 5.74. The Morgan fingerprint density at radius 1 is 1.15 bits per heavy atom. The molecule has 1 aliphatic heterocycles. The quantitative estimate of drug-likeness (QED) is 0.799. The predicted molar refractivity (Wildman–Crippen MR) is 109 cm³/mol. The molecule has 0 aromatic heterocycles. The largest absolute Gasteiger partial charge is 0.379 e. The third kappa shape index (κ3) is 5.69. The summed E-state index contributed by atoms with van der Waals surface area (Å²) in [6, 6.07) is 10.5. The smallest absolute Gasteiger partial charge is 0.315 e. The molecule has 1 aliphatic carbocycles. The highest BCUT2D eigenvalue weighted by Crippen LogP contribution is 2.34. The molecule has 1 atom stereocenters. The Balaban J connectivity index is 1.58. The summed E-state index contributed by atoms with van der Waals surface area (Å²) >= 11 is 0. The van der Waals surface area contributed by atoms with E-state index in [1.165, 1.54) is 37.7 Å². The van der Waals surface area contributed by atoms with E-state index in [2.05, 4.69) is 53.6 Å². The zero-order valence-electron chi connectivity index (χ0n) is 16.9. The molecule has 5 heteroatoms. The van der Waals surface area contributed by atoms with Crippen molar-refractivity contribution in [2.45, 2.75) is 57.5 Å². The van der Waals surface area contributed by atoms with Gasteiger partial charge in [0, 0.05) is 25.2 Å². The van der Waals surface area contributed by atoms with Crippen molar-refractivity contribution in [2.24, 2.45) is 5.92 Å². The van der Waals surface area contributed by atoms with Gasteiger partial charge in [-0.1, -0.05) is 49.6 Å². The highest BCUT2D eigenvalue weighted by Gasteiger charge is 2.30. The summed E-state index contributed by atoms with van der Waals surface area (Å²) in [4.78, 5) is 15.1. The maximum Gasteiger partial charge on any atom is 0.315 e. The van der Waals surface area contributed by atoms with Gasteiger partial charge in [-0.15, -0.1) is 0 Å². The molecule has 0 bridgehead atoms. The second kappa shape index (κ2) is 9.56. The van der Waals surface area contributed by atoms with Crippen LogP contribution in [-0.4, -0.2) is 49.3 Å². The molecule has 2 aliphatic rings. The Morgan fingerprint density at radius 3 is 2.48 bits per heavy atom. The Labute approximate surface area is 163 Å². The van der Waals surface area contributed by atoms with Gasteiger partial charge >= 0.3 is 6.03 Å². The van der Waals surface area contributed by atoms with Crippen molar-refractivity contribution >= 4 is 6.03 Å². The van der Waals surface area contributed by atoms with Crippen molar-refractivity contribution in [3.05, 3.63) is 35.9 Å². The van der Waals surface area contributed by atoms with E-state index in [9.17, 15) is 4.79 Å². The lowest BCUT2D eigenvalue weighted by molar-refractivity contribution is -0.00878. The van der Waals surface area contributed by atoms with Crippen LogP contribution in [0.2, 0.25) is 0 Å². The second-order valence-corrected chi connectivity index (χ2v) is 8.53. The number of hydrogen-bond acceptors (Lipinski definition) is 3. The number of rotatable bonds is 6. The van der Waals surface area contributed by atoms with Crippen LogP contribution in [0.3, 0.4) is 0 Å². The number of nitrogens with zero attached hydrogens (tertiary/aromatic N) is 1. The van der Waals surface area contributed by atoms with Crippen LogP contribution in [0.15, 0.2) is 30.3 Å². The topological polar surface area (TPSA) is 53.6 Å². The first-order valence-corrected chi connectivity index (χ1v) is 10.5. The molecule has 27 heavy (non-hydrogen) atoms. The van der Waals surface area contributed by atoms with E-state index in [1.807, 2.05) is 6.07 Å². The van der Waals surface area contributed by atoms with Crippen LogP contribution >= 0.6 is 0 Å². The van der Waals surface area contributed by atoms with Crippen LogP contribution in [0, 0.1) is 5.92 Å². The lowest BCUT2D eigenvalue weighted by atomic mass is 9.81. The highest BCUT2D eigenvalue weighted by atomic mass is 16.5. The number of urea groups is 1. The van der Waals surface area contributed by atoms with Crippen molar-refractivity contribution in [2.75, 3.05) is 32.8 Å². The third-order valence-electron chi connectivity index (χ3n) is 6.12. The van der Waals surface area contributed by atoms with Crippen molar-refractivity contribution in [1.29, 1.82) is 0 Å². The number of nitrogens with one attached hydrogen (secondary N) is 2. The predicted octanol–water partition coefficient (Wildman–Crippen LogP) is 3.72. The molecule has 0 radical (unpaired) electrons. The van der Waals surface area contributed by atoms with Gasteiger partial charge in [-0.2, -0.15) is 0 Å². The summed E-state index contributed by atoms with van der Waals surface area (Å²) < 4.78 is 5.45. The first-order valence-electron chi connectivity index (χ1n) is 10.5. The van der Waals surface area contributed by atoms with Crippen molar-refractivity contribution < 1.29 is 9.53 Å². The van der Waals surface area contributed by atoms with Gasteiger partial charge in [0.15, 0.2) is 0 Å². The number of morpholine rings is 1. The van der Waals surface area contributed by atoms with Gasteiger partial charge in [0.2, 0.25) is 0 Å². The number of ether oxygens (including phenoxy) is 1. The first-order chi connectivity index (χ1) is 13.1. The second-order valence-electron chi connectivity index (χ2n) is 8.53. The minimum atomic E-state index is -0.0752. The summed E-state index contributed by atoms with van der Waals surface area (Å²) in [5, 5.41) is 6.41. The van der Waals surface area contributed by atoms with E-state index in [4.69, 9.17) is 4.74 Å². The zero-order valence-corrected chi connectivity index (χ0v) is 16.9. The molecule has 2 amide bonds. The fourth-order valence-corrected chi connectivity index (χ4v) is 4.37. The Hall–Kier alpha value is -1.59. The maximum atomic E-state index is 12.7. The summed E-state index contributed by atoms with van der Waals surface area (Å²) in [6.45, 7) is 8.39. The van der Waals surface area contributed by atoms with Gasteiger partial charge in [-0.25, -0.2) is 4.79 Å².